The van der Waals surface area contributed by atoms with Gasteiger partial charge >= 0.3 is 0 Å². The molecule has 0 spiro atoms. The molecule has 0 saturated heterocycles. The second-order valence-corrected chi connectivity index (χ2v) is 9.75. The van der Waals surface area contributed by atoms with Crippen LogP contribution in [0.1, 0.15) is 6.92 Å². The van der Waals surface area contributed by atoms with Gasteiger partial charge in [0, 0.05) is 25.4 Å². The lowest BCUT2D eigenvalue weighted by Crippen LogP contribution is -2.06. The SMILES string of the molecule is CN=Nc1cc(NC(C)=O)c(N=Nc2cc3c(S(=O)(=O)O)cccc3cc2S(=O)(=O)O)cc1OC. The average molecular weight is 522 g/mol. The van der Waals surface area contributed by atoms with Gasteiger partial charge in [0.1, 0.15) is 32.6 Å². The van der Waals surface area contributed by atoms with Gasteiger partial charge in [-0.3, -0.25) is 13.9 Å². The summed E-state index contributed by atoms with van der Waals surface area (Å²) >= 11 is 0. The molecule has 3 N–H and O–H groups in total. The second kappa shape index (κ2) is 9.83. The normalized spacial score (nSPS) is 12.5. The van der Waals surface area contributed by atoms with Crippen molar-refractivity contribution in [2.24, 2.45) is 20.5 Å². The third kappa shape index (κ3) is 5.83. The van der Waals surface area contributed by atoms with E-state index in [1.165, 1.54) is 45.3 Å². The Bertz CT molecular complexity index is 1600. The molecule has 1 amide bonds. The van der Waals surface area contributed by atoms with Crippen molar-refractivity contribution in [3.05, 3.63) is 42.5 Å². The Morgan fingerprint density at radius 2 is 1.54 bits per heavy atom. The first-order chi connectivity index (χ1) is 16.3. The number of nitrogens with one attached hydrogen (secondary N) is 1. The summed E-state index contributed by atoms with van der Waals surface area (Å²) in [5, 5.41) is 18.0. The number of benzene rings is 3. The molecule has 3 aromatic carbocycles. The average Bonchev–Trinajstić information content (AvgIpc) is 2.76. The van der Waals surface area contributed by atoms with Crippen molar-refractivity contribution in [3.8, 4) is 5.75 Å². The Morgan fingerprint density at radius 1 is 0.886 bits per heavy atom. The topological polar surface area (TPSA) is 197 Å². The molecule has 0 aliphatic carbocycles. The van der Waals surface area contributed by atoms with E-state index in [1.54, 1.807) is 0 Å². The monoisotopic (exact) mass is 521 g/mol. The van der Waals surface area contributed by atoms with E-state index in [0.29, 0.717) is 0 Å². The summed E-state index contributed by atoms with van der Waals surface area (Å²) in [4.78, 5) is 10.5. The smallest absolute Gasteiger partial charge is 0.296 e. The van der Waals surface area contributed by atoms with Crippen molar-refractivity contribution in [3.63, 3.8) is 0 Å². The van der Waals surface area contributed by atoms with E-state index in [-0.39, 0.29) is 33.6 Å². The molecule has 0 saturated carbocycles. The number of ether oxygens (including phenoxy) is 1. The zero-order valence-corrected chi connectivity index (χ0v) is 20.1. The zero-order chi connectivity index (χ0) is 26.0. The molecule has 0 fully saturated rings. The number of nitrogens with zero attached hydrogens (tertiary/aromatic N) is 4. The number of amides is 1. The first-order valence-corrected chi connectivity index (χ1v) is 12.5. The van der Waals surface area contributed by atoms with Gasteiger partial charge in [-0.2, -0.15) is 27.1 Å². The number of carbonyl (C=O) groups excluding carboxylic acids is 1. The fourth-order valence-corrected chi connectivity index (χ4v) is 4.51. The van der Waals surface area contributed by atoms with Gasteiger partial charge in [0.2, 0.25) is 5.91 Å². The zero-order valence-electron chi connectivity index (χ0n) is 18.5. The van der Waals surface area contributed by atoms with Crippen LogP contribution in [0.2, 0.25) is 0 Å². The summed E-state index contributed by atoms with van der Waals surface area (Å²) in [5.41, 5.74) is -0.00480. The standard InChI is InChI=1S/C20H19N5O8S2/c1-11(26)22-14-9-16(23-21-2)18(33-3)10-15(14)24-25-17-8-13-12(7-20(17)35(30,31)32)5-4-6-19(13)34(27,28)29/h4-10H,1-3H3,(H,22,26)(H,27,28,29)(H,30,31,32). The van der Waals surface area contributed by atoms with Crippen LogP contribution in [0.25, 0.3) is 10.8 Å². The summed E-state index contributed by atoms with van der Waals surface area (Å²) < 4.78 is 72.1. The summed E-state index contributed by atoms with van der Waals surface area (Å²) in [5.74, 6) is -0.242. The number of methoxy groups -OCH3 is 1. The van der Waals surface area contributed by atoms with Crippen LogP contribution in [0.15, 0.2) is 72.7 Å². The molecule has 13 nitrogen and oxygen atoms in total. The highest BCUT2D eigenvalue weighted by Crippen LogP contribution is 2.40. The van der Waals surface area contributed by atoms with Gasteiger partial charge in [-0.05, 0) is 29.7 Å². The fraction of sp³-hybridized carbons (Fsp3) is 0.150. The van der Waals surface area contributed by atoms with Crippen LogP contribution >= 0.6 is 0 Å². The summed E-state index contributed by atoms with van der Waals surface area (Å²) in [6.07, 6.45) is 0. The molecule has 3 aromatic rings. The molecule has 184 valence electrons. The summed E-state index contributed by atoms with van der Waals surface area (Å²) in [6, 6.07) is 8.60. The molecule has 15 heteroatoms. The van der Waals surface area contributed by atoms with Crippen molar-refractivity contribution < 1.29 is 35.5 Å². The highest BCUT2D eigenvalue weighted by atomic mass is 32.2. The lowest BCUT2D eigenvalue weighted by molar-refractivity contribution is -0.114. The predicted octanol–water partition coefficient (Wildman–Crippen LogP) is 4.43. The molecule has 0 atom stereocenters. The molecule has 0 unspecified atom stereocenters. The second-order valence-electron chi connectivity index (χ2n) is 6.97. The van der Waals surface area contributed by atoms with E-state index in [9.17, 15) is 30.7 Å². The van der Waals surface area contributed by atoms with Crippen molar-refractivity contribution in [1.82, 2.24) is 0 Å². The molecular formula is C20H19N5O8S2. The number of hydrogen-bond acceptors (Lipinski definition) is 10. The maximum Gasteiger partial charge on any atom is 0.296 e. The van der Waals surface area contributed by atoms with E-state index in [0.717, 1.165) is 18.2 Å². The Labute approximate surface area is 200 Å². The molecule has 0 heterocycles. The number of carbonyl (C=O) groups is 1. The highest BCUT2D eigenvalue weighted by molar-refractivity contribution is 7.86. The Hall–Kier alpha value is -3.79. The number of hydrogen-bond donors (Lipinski definition) is 3. The Kier molecular flexibility index (Phi) is 7.25. The third-order valence-corrected chi connectivity index (χ3v) is 6.35. The Balaban J connectivity index is 2.29. The van der Waals surface area contributed by atoms with Gasteiger partial charge in [0.05, 0.1) is 12.8 Å². The van der Waals surface area contributed by atoms with Crippen molar-refractivity contribution in [2.45, 2.75) is 16.7 Å². The van der Waals surface area contributed by atoms with Gasteiger partial charge < -0.3 is 10.1 Å². The number of fused-ring (bicyclic) bond motifs is 1. The van der Waals surface area contributed by atoms with Crippen LogP contribution in [0.3, 0.4) is 0 Å². The van der Waals surface area contributed by atoms with Crippen LogP contribution in [0.5, 0.6) is 5.75 Å². The van der Waals surface area contributed by atoms with E-state index in [4.69, 9.17) is 4.74 Å². The molecular weight excluding hydrogens is 502 g/mol. The Morgan fingerprint density at radius 3 is 2.11 bits per heavy atom. The fourth-order valence-electron chi connectivity index (χ4n) is 3.16. The lowest BCUT2D eigenvalue weighted by atomic mass is 10.1. The highest BCUT2D eigenvalue weighted by Gasteiger charge is 2.21. The third-order valence-electron chi connectivity index (χ3n) is 4.56. The van der Waals surface area contributed by atoms with Gasteiger partial charge in [-0.25, -0.2) is 0 Å². The van der Waals surface area contributed by atoms with E-state index >= 15 is 0 Å². The molecule has 0 bridgehead atoms. The maximum atomic E-state index is 12.0. The van der Waals surface area contributed by atoms with Crippen LogP contribution in [-0.2, 0) is 25.0 Å². The van der Waals surface area contributed by atoms with E-state index in [2.05, 4.69) is 25.8 Å². The first-order valence-electron chi connectivity index (χ1n) is 9.58. The molecule has 35 heavy (non-hydrogen) atoms. The van der Waals surface area contributed by atoms with Crippen LogP contribution in [-0.4, -0.2) is 46.0 Å². The molecule has 0 aromatic heterocycles. The van der Waals surface area contributed by atoms with Gasteiger partial charge in [0.25, 0.3) is 20.2 Å². The quantitative estimate of drug-likeness (QED) is 0.299. The van der Waals surface area contributed by atoms with Crippen molar-refractivity contribution in [2.75, 3.05) is 19.5 Å². The molecule has 3 rings (SSSR count). The van der Waals surface area contributed by atoms with E-state index < -0.39 is 41.6 Å². The summed E-state index contributed by atoms with van der Waals surface area (Å²) in [7, 11) is -6.70. The number of rotatable bonds is 7. The predicted molar refractivity (Wildman–Crippen MR) is 125 cm³/mol. The maximum absolute atomic E-state index is 12.0. The lowest BCUT2D eigenvalue weighted by Gasteiger charge is -2.11. The molecule has 0 aliphatic heterocycles. The molecule has 0 aliphatic rings. The van der Waals surface area contributed by atoms with Crippen molar-refractivity contribution >= 4 is 59.7 Å². The van der Waals surface area contributed by atoms with Gasteiger partial charge in [-0.15, -0.1) is 10.2 Å². The minimum atomic E-state index is -4.82. The summed E-state index contributed by atoms with van der Waals surface area (Å²) in [6.45, 7) is 1.25. The van der Waals surface area contributed by atoms with Crippen molar-refractivity contribution in [1.29, 1.82) is 0 Å². The van der Waals surface area contributed by atoms with Gasteiger partial charge in [-0.1, -0.05) is 12.1 Å². The minimum absolute atomic E-state index is 0.0246. The first kappa shape index (κ1) is 25.8. The minimum Gasteiger partial charge on any atom is -0.494 e. The van der Waals surface area contributed by atoms with E-state index in [1.807, 2.05) is 0 Å². The molecule has 0 radical (unpaired) electrons. The van der Waals surface area contributed by atoms with Crippen LogP contribution < -0.4 is 10.1 Å². The van der Waals surface area contributed by atoms with Gasteiger partial charge in [0.15, 0.2) is 0 Å². The number of anilines is 1. The largest absolute Gasteiger partial charge is 0.494 e. The number of azo groups is 2. The van der Waals surface area contributed by atoms with Crippen LogP contribution in [0, 0.1) is 0 Å². The van der Waals surface area contributed by atoms with Crippen LogP contribution in [0.4, 0.5) is 22.7 Å².